The monoisotopic (exact) mass is 252 g/mol. The highest BCUT2D eigenvalue weighted by Crippen LogP contribution is 2.27. The summed E-state index contributed by atoms with van der Waals surface area (Å²) in [6.45, 7) is 6.06. The van der Waals surface area contributed by atoms with E-state index < -0.39 is 4.92 Å². The van der Waals surface area contributed by atoms with E-state index in [0.717, 1.165) is 12.8 Å². The molecule has 0 amide bonds. The highest BCUT2D eigenvalue weighted by molar-refractivity contribution is 5.48. The molecule has 0 heterocycles. The van der Waals surface area contributed by atoms with Gasteiger partial charge in [0.2, 0.25) is 0 Å². The minimum atomic E-state index is -0.405. The molecule has 1 aromatic carbocycles. The van der Waals surface area contributed by atoms with E-state index in [-0.39, 0.29) is 11.2 Å². The Bertz CT molecular complexity index is 428. The molecule has 0 atom stereocenters. The molecular formula is C13H20N2O3. The first-order chi connectivity index (χ1) is 8.43. The van der Waals surface area contributed by atoms with Gasteiger partial charge in [-0.3, -0.25) is 10.1 Å². The lowest BCUT2D eigenvalue weighted by molar-refractivity contribution is -0.385. The number of nitro benzene ring substituents is 1. The zero-order valence-corrected chi connectivity index (χ0v) is 11.1. The highest BCUT2D eigenvalue weighted by atomic mass is 16.6. The molecule has 5 heteroatoms. The summed E-state index contributed by atoms with van der Waals surface area (Å²) in [7, 11) is 0. The van der Waals surface area contributed by atoms with Crippen molar-refractivity contribution in [3.63, 3.8) is 0 Å². The van der Waals surface area contributed by atoms with Crippen LogP contribution in [-0.2, 0) is 0 Å². The first-order valence-electron chi connectivity index (χ1n) is 6.09. The van der Waals surface area contributed by atoms with Gasteiger partial charge >= 0.3 is 0 Å². The van der Waals surface area contributed by atoms with Crippen LogP contribution < -0.4 is 10.5 Å². The number of nitro groups is 1. The number of hydrogen-bond donors (Lipinski definition) is 1. The Labute approximate surface area is 107 Å². The molecule has 18 heavy (non-hydrogen) atoms. The van der Waals surface area contributed by atoms with Gasteiger partial charge in [0.05, 0.1) is 10.5 Å². The molecule has 1 aromatic rings. The molecule has 100 valence electrons. The summed E-state index contributed by atoms with van der Waals surface area (Å²) >= 11 is 0. The maximum atomic E-state index is 10.8. The molecule has 0 aromatic heterocycles. The summed E-state index contributed by atoms with van der Waals surface area (Å²) in [6.07, 6.45) is 1.61. The summed E-state index contributed by atoms with van der Waals surface area (Å²) in [5, 5.41) is 10.8. The lowest BCUT2D eigenvalue weighted by Crippen LogP contribution is -2.44. The van der Waals surface area contributed by atoms with E-state index in [9.17, 15) is 10.1 Å². The summed E-state index contributed by atoms with van der Waals surface area (Å²) in [5.74, 6) is 0.529. The van der Waals surface area contributed by atoms with E-state index in [1.54, 1.807) is 19.1 Å². The first-order valence-corrected chi connectivity index (χ1v) is 6.09. The molecule has 0 saturated heterocycles. The van der Waals surface area contributed by atoms with E-state index in [1.165, 1.54) is 6.07 Å². The van der Waals surface area contributed by atoms with Crippen LogP contribution >= 0.6 is 0 Å². The quantitative estimate of drug-likeness (QED) is 0.623. The molecule has 2 N–H and O–H groups in total. The summed E-state index contributed by atoms with van der Waals surface area (Å²) in [5.41, 5.74) is 6.37. The Balaban J connectivity index is 2.86. The molecule has 0 saturated carbocycles. The minimum absolute atomic E-state index is 0.0723. The topological polar surface area (TPSA) is 78.4 Å². The third kappa shape index (κ3) is 3.20. The van der Waals surface area contributed by atoms with Crippen molar-refractivity contribution < 1.29 is 9.66 Å². The van der Waals surface area contributed by atoms with Gasteiger partial charge in [0.1, 0.15) is 12.4 Å². The largest absolute Gasteiger partial charge is 0.491 e. The van der Waals surface area contributed by atoms with Gasteiger partial charge in [0.25, 0.3) is 5.69 Å². The number of ether oxygens (including phenoxy) is 1. The van der Waals surface area contributed by atoms with E-state index in [0.29, 0.717) is 17.9 Å². The van der Waals surface area contributed by atoms with Crippen molar-refractivity contribution in [3.8, 4) is 5.75 Å². The van der Waals surface area contributed by atoms with Crippen LogP contribution in [-0.4, -0.2) is 17.1 Å². The maximum Gasteiger partial charge on any atom is 0.276 e. The second-order valence-corrected chi connectivity index (χ2v) is 4.52. The molecule has 0 radical (unpaired) electrons. The van der Waals surface area contributed by atoms with Gasteiger partial charge in [0.15, 0.2) is 0 Å². The summed E-state index contributed by atoms with van der Waals surface area (Å²) in [6, 6.07) is 4.82. The fraction of sp³-hybridized carbons (Fsp3) is 0.538. The molecule has 1 rings (SSSR count). The van der Waals surface area contributed by atoms with Crippen molar-refractivity contribution >= 4 is 5.69 Å². The Morgan fingerprint density at radius 2 is 2.00 bits per heavy atom. The molecule has 0 aliphatic carbocycles. The molecule has 0 aliphatic heterocycles. The average molecular weight is 252 g/mol. The van der Waals surface area contributed by atoms with Crippen molar-refractivity contribution in [3.05, 3.63) is 33.9 Å². The Kier molecular flexibility index (Phi) is 4.67. The third-order valence-electron chi connectivity index (χ3n) is 3.38. The zero-order valence-electron chi connectivity index (χ0n) is 11.1. The SMILES string of the molecule is CCC(N)(CC)COc1cccc([N+](=O)[O-])c1C. The predicted octanol–water partition coefficient (Wildman–Crippen LogP) is 2.80. The molecule has 0 aliphatic rings. The van der Waals surface area contributed by atoms with Crippen molar-refractivity contribution in [1.29, 1.82) is 0 Å². The molecule has 0 bridgehead atoms. The number of hydrogen-bond acceptors (Lipinski definition) is 4. The average Bonchev–Trinajstić information content (AvgIpc) is 2.37. The first kappa shape index (κ1) is 14.4. The second-order valence-electron chi connectivity index (χ2n) is 4.52. The van der Waals surface area contributed by atoms with Gasteiger partial charge in [-0.15, -0.1) is 0 Å². The lowest BCUT2D eigenvalue weighted by atomic mass is 9.95. The van der Waals surface area contributed by atoms with Crippen molar-refractivity contribution in [1.82, 2.24) is 0 Å². The molecular weight excluding hydrogens is 232 g/mol. The van der Waals surface area contributed by atoms with Crippen LogP contribution in [0, 0.1) is 17.0 Å². The predicted molar refractivity (Wildman–Crippen MR) is 70.8 cm³/mol. The van der Waals surface area contributed by atoms with Gasteiger partial charge in [0, 0.05) is 11.6 Å². The molecule has 0 fully saturated rings. The fourth-order valence-electron chi connectivity index (χ4n) is 1.63. The summed E-state index contributed by atoms with van der Waals surface area (Å²) < 4.78 is 5.65. The van der Waals surface area contributed by atoms with Crippen molar-refractivity contribution in [2.24, 2.45) is 5.73 Å². The van der Waals surface area contributed by atoms with Gasteiger partial charge in [-0.25, -0.2) is 0 Å². The highest BCUT2D eigenvalue weighted by Gasteiger charge is 2.22. The van der Waals surface area contributed by atoms with Gasteiger partial charge < -0.3 is 10.5 Å². The molecule has 0 spiro atoms. The van der Waals surface area contributed by atoms with E-state index in [4.69, 9.17) is 10.5 Å². The van der Waals surface area contributed by atoms with Crippen LogP contribution in [0.2, 0.25) is 0 Å². The zero-order chi connectivity index (χ0) is 13.8. The van der Waals surface area contributed by atoms with E-state index in [1.807, 2.05) is 13.8 Å². The normalized spacial score (nSPS) is 11.3. The molecule has 0 unspecified atom stereocenters. The van der Waals surface area contributed by atoms with E-state index in [2.05, 4.69) is 0 Å². The van der Waals surface area contributed by atoms with Crippen molar-refractivity contribution in [2.75, 3.05) is 6.61 Å². The number of nitrogens with two attached hydrogens (primary N) is 1. The lowest BCUT2D eigenvalue weighted by Gasteiger charge is -2.26. The van der Waals surface area contributed by atoms with Gasteiger partial charge in [-0.2, -0.15) is 0 Å². The molecule has 5 nitrogen and oxygen atoms in total. The Hall–Kier alpha value is -1.62. The van der Waals surface area contributed by atoms with Crippen LogP contribution in [0.25, 0.3) is 0 Å². The van der Waals surface area contributed by atoms with Crippen LogP contribution in [0.4, 0.5) is 5.69 Å². The fourth-order valence-corrected chi connectivity index (χ4v) is 1.63. The maximum absolute atomic E-state index is 10.8. The van der Waals surface area contributed by atoms with Gasteiger partial charge in [-0.1, -0.05) is 19.9 Å². The Morgan fingerprint density at radius 1 is 1.39 bits per heavy atom. The minimum Gasteiger partial charge on any atom is -0.491 e. The second kappa shape index (κ2) is 5.82. The summed E-state index contributed by atoms with van der Waals surface area (Å²) in [4.78, 5) is 10.4. The number of rotatable bonds is 6. The number of benzene rings is 1. The third-order valence-corrected chi connectivity index (χ3v) is 3.38. The van der Waals surface area contributed by atoms with Crippen molar-refractivity contribution in [2.45, 2.75) is 39.2 Å². The standard InChI is InChI=1S/C13H20N2O3/c1-4-13(14,5-2)9-18-12-8-6-7-11(10(12)3)15(16)17/h6-8H,4-5,9,14H2,1-3H3. The van der Waals surface area contributed by atoms with Crippen LogP contribution in [0.3, 0.4) is 0 Å². The van der Waals surface area contributed by atoms with Crippen LogP contribution in [0.1, 0.15) is 32.3 Å². The van der Waals surface area contributed by atoms with E-state index >= 15 is 0 Å². The number of nitrogens with zero attached hydrogens (tertiary/aromatic N) is 1. The van der Waals surface area contributed by atoms with Crippen LogP contribution in [0.5, 0.6) is 5.75 Å². The Morgan fingerprint density at radius 3 is 2.50 bits per heavy atom. The smallest absolute Gasteiger partial charge is 0.276 e. The van der Waals surface area contributed by atoms with Gasteiger partial charge in [-0.05, 0) is 25.8 Å². The van der Waals surface area contributed by atoms with Crippen LogP contribution in [0.15, 0.2) is 18.2 Å².